The van der Waals surface area contributed by atoms with E-state index in [1.165, 1.54) is 5.69 Å². The highest BCUT2D eigenvalue weighted by molar-refractivity contribution is 7.99. The van der Waals surface area contributed by atoms with Gasteiger partial charge in [-0.25, -0.2) is 9.97 Å². The zero-order valence-electron chi connectivity index (χ0n) is 17.1. The quantitative estimate of drug-likeness (QED) is 0.532. The molecule has 0 aliphatic carbocycles. The van der Waals surface area contributed by atoms with Crippen molar-refractivity contribution >= 4 is 28.5 Å². The van der Waals surface area contributed by atoms with Gasteiger partial charge in [0, 0.05) is 47.7 Å². The molecule has 2 aliphatic rings. The molecule has 2 N–H and O–H groups in total. The second kappa shape index (κ2) is 7.32. The number of fused-ring (bicyclic) bond motifs is 2. The summed E-state index contributed by atoms with van der Waals surface area (Å²) in [7, 11) is 0. The van der Waals surface area contributed by atoms with Gasteiger partial charge in [-0.05, 0) is 31.0 Å². The first-order valence-corrected chi connectivity index (χ1v) is 11.4. The molecule has 31 heavy (non-hydrogen) atoms. The van der Waals surface area contributed by atoms with Crippen LogP contribution >= 0.6 is 11.8 Å². The summed E-state index contributed by atoms with van der Waals surface area (Å²) >= 11 is 1.62. The molecule has 1 atom stereocenters. The predicted octanol–water partition coefficient (Wildman–Crippen LogP) is 3.67. The van der Waals surface area contributed by atoms with E-state index in [4.69, 9.17) is 10.7 Å². The summed E-state index contributed by atoms with van der Waals surface area (Å²) in [6.07, 6.45) is 9.54. The Balaban J connectivity index is 1.15. The molecule has 8 heteroatoms. The molecule has 0 bridgehead atoms. The number of aromatic nitrogens is 5. The van der Waals surface area contributed by atoms with Gasteiger partial charge in [-0.15, -0.1) is 0 Å². The molecule has 4 aromatic rings. The van der Waals surface area contributed by atoms with Crippen molar-refractivity contribution < 1.29 is 0 Å². The fraction of sp³-hybridized carbons (Fsp3) is 0.304. The Bertz CT molecular complexity index is 1220. The van der Waals surface area contributed by atoms with Gasteiger partial charge < -0.3 is 10.6 Å². The van der Waals surface area contributed by atoms with Gasteiger partial charge in [-0.3, -0.25) is 9.67 Å². The topological polar surface area (TPSA) is 85.8 Å². The van der Waals surface area contributed by atoms with Gasteiger partial charge in [0.05, 0.1) is 29.6 Å². The van der Waals surface area contributed by atoms with E-state index in [9.17, 15) is 0 Å². The summed E-state index contributed by atoms with van der Waals surface area (Å²) in [6.45, 7) is 2.80. The van der Waals surface area contributed by atoms with Gasteiger partial charge in [0.15, 0.2) is 0 Å². The van der Waals surface area contributed by atoms with E-state index >= 15 is 0 Å². The first-order chi connectivity index (χ1) is 15.2. The van der Waals surface area contributed by atoms with Gasteiger partial charge in [0.25, 0.3) is 0 Å². The smallest absolute Gasteiger partial charge is 0.147 e. The number of piperidine rings is 1. The molecule has 3 aromatic heterocycles. The highest BCUT2D eigenvalue weighted by Gasteiger charge is 2.46. The van der Waals surface area contributed by atoms with Crippen LogP contribution in [0.5, 0.6) is 0 Å². The first-order valence-electron chi connectivity index (χ1n) is 10.6. The molecular weight excluding hydrogens is 406 g/mol. The molecule has 156 valence electrons. The van der Waals surface area contributed by atoms with Gasteiger partial charge in [0.2, 0.25) is 0 Å². The standard InChI is InChI=1S/C23H23N7S/c24-22-18-5-10-28-30(18)15-23(22)7-11-29(12-8-23)20-13-27-21(14-26-20)31-19-6-9-25-17-4-2-1-3-16(17)19/h1-6,9-10,13-14,22H,7-8,11-12,15,24H2/t22-/m1/s1. The lowest BCUT2D eigenvalue weighted by molar-refractivity contribution is 0.170. The number of hydrogen-bond acceptors (Lipinski definition) is 7. The number of para-hydroxylation sites is 1. The van der Waals surface area contributed by atoms with E-state index in [-0.39, 0.29) is 11.5 Å². The molecule has 6 rings (SSSR count). The van der Waals surface area contributed by atoms with E-state index in [0.717, 1.165) is 59.1 Å². The van der Waals surface area contributed by atoms with Crippen molar-refractivity contribution in [1.82, 2.24) is 24.7 Å². The van der Waals surface area contributed by atoms with Crippen LogP contribution in [0.2, 0.25) is 0 Å². The van der Waals surface area contributed by atoms with E-state index in [1.807, 2.05) is 49.1 Å². The van der Waals surface area contributed by atoms with Crippen LogP contribution in [0.25, 0.3) is 10.9 Å². The molecule has 2 aliphatic heterocycles. The lowest BCUT2D eigenvalue weighted by Gasteiger charge is -2.41. The van der Waals surface area contributed by atoms with Crippen LogP contribution in [0.3, 0.4) is 0 Å². The predicted molar refractivity (Wildman–Crippen MR) is 121 cm³/mol. The van der Waals surface area contributed by atoms with Crippen LogP contribution in [0.1, 0.15) is 24.6 Å². The van der Waals surface area contributed by atoms with Crippen molar-refractivity contribution in [2.75, 3.05) is 18.0 Å². The number of nitrogens with two attached hydrogens (primary N) is 1. The summed E-state index contributed by atoms with van der Waals surface area (Å²) in [5.41, 5.74) is 8.88. The second-order valence-corrected chi connectivity index (χ2v) is 9.44. The van der Waals surface area contributed by atoms with Gasteiger partial charge >= 0.3 is 0 Å². The van der Waals surface area contributed by atoms with Crippen LogP contribution < -0.4 is 10.6 Å². The summed E-state index contributed by atoms with van der Waals surface area (Å²) in [5.74, 6) is 0.933. The van der Waals surface area contributed by atoms with Gasteiger partial charge in [-0.2, -0.15) is 5.10 Å². The third kappa shape index (κ3) is 3.18. The number of anilines is 1. The van der Waals surface area contributed by atoms with Crippen molar-refractivity contribution in [3.63, 3.8) is 0 Å². The van der Waals surface area contributed by atoms with Crippen molar-refractivity contribution in [3.05, 3.63) is 66.9 Å². The molecular formula is C23H23N7S. The Morgan fingerprint density at radius 2 is 1.84 bits per heavy atom. The number of pyridine rings is 1. The summed E-state index contributed by atoms with van der Waals surface area (Å²) in [6, 6.07) is 12.3. The maximum atomic E-state index is 6.60. The molecule has 5 heterocycles. The van der Waals surface area contributed by atoms with E-state index in [2.05, 4.69) is 36.8 Å². The normalized spacial score (nSPS) is 19.8. The number of benzene rings is 1. The monoisotopic (exact) mass is 429 g/mol. The minimum absolute atomic E-state index is 0.0668. The Morgan fingerprint density at radius 1 is 0.968 bits per heavy atom. The van der Waals surface area contributed by atoms with Crippen LogP contribution in [0, 0.1) is 5.41 Å². The maximum absolute atomic E-state index is 6.60. The fourth-order valence-corrected chi connectivity index (χ4v) is 5.74. The fourth-order valence-electron chi connectivity index (χ4n) is 4.90. The number of rotatable bonds is 3. The minimum atomic E-state index is 0.0668. The molecule has 0 amide bonds. The Kier molecular flexibility index (Phi) is 4.43. The summed E-state index contributed by atoms with van der Waals surface area (Å²) < 4.78 is 2.08. The first kappa shape index (κ1) is 18.8. The zero-order chi connectivity index (χ0) is 20.8. The molecule has 0 saturated carbocycles. The van der Waals surface area contributed by atoms with Crippen LogP contribution in [-0.2, 0) is 6.54 Å². The summed E-state index contributed by atoms with van der Waals surface area (Å²) in [5, 5.41) is 6.45. The van der Waals surface area contributed by atoms with Gasteiger partial charge in [0.1, 0.15) is 10.8 Å². The third-order valence-corrected chi connectivity index (χ3v) is 7.71. The van der Waals surface area contributed by atoms with Crippen molar-refractivity contribution in [2.24, 2.45) is 11.1 Å². The molecule has 1 saturated heterocycles. The summed E-state index contributed by atoms with van der Waals surface area (Å²) in [4.78, 5) is 17.3. The van der Waals surface area contributed by atoms with Crippen molar-refractivity contribution in [1.29, 1.82) is 0 Å². The highest BCUT2D eigenvalue weighted by atomic mass is 32.2. The van der Waals surface area contributed by atoms with E-state index in [1.54, 1.807) is 11.8 Å². The molecule has 1 aromatic carbocycles. The Morgan fingerprint density at radius 3 is 2.65 bits per heavy atom. The number of nitrogens with zero attached hydrogens (tertiary/aromatic N) is 6. The van der Waals surface area contributed by atoms with E-state index < -0.39 is 0 Å². The molecule has 1 fully saturated rings. The minimum Gasteiger partial charge on any atom is -0.355 e. The van der Waals surface area contributed by atoms with Gasteiger partial charge in [-0.1, -0.05) is 30.0 Å². The van der Waals surface area contributed by atoms with Crippen LogP contribution in [-0.4, -0.2) is 37.8 Å². The maximum Gasteiger partial charge on any atom is 0.147 e. The average molecular weight is 430 g/mol. The zero-order valence-corrected chi connectivity index (χ0v) is 17.9. The van der Waals surface area contributed by atoms with Crippen molar-refractivity contribution in [2.45, 2.75) is 35.3 Å². The van der Waals surface area contributed by atoms with Crippen LogP contribution in [0.15, 0.2) is 71.1 Å². The lowest BCUT2D eigenvalue weighted by atomic mass is 9.73. The Hall–Kier alpha value is -2.97. The average Bonchev–Trinajstić information content (AvgIpc) is 3.36. The van der Waals surface area contributed by atoms with Crippen LogP contribution in [0.4, 0.5) is 5.82 Å². The largest absolute Gasteiger partial charge is 0.355 e. The molecule has 0 radical (unpaired) electrons. The Labute approximate surface area is 184 Å². The highest BCUT2D eigenvalue weighted by Crippen LogP contribution is 2.47. The molecule has 0 unspecified atom stereocenters. The lowest BCUT2D eigenvalue weighted by Crippen LogP contribution is -2.45. The third-order valence-electron chi connectivity index (χ3n) is 6.71. The molecule has 1 spiro atoms. The van der Waals surface area contributed by atoms with Crippen molar-refractivity contribution in [3.8, 4) is 0 Å². The molecule has 7 nitrogen and oxygen atoms in total. The number of hydrogen-bond donors (Lipinski definition) is 1. The second-order valence-electron chi connectivity index (χ2n) is 8.38. The van der Waals surface area contributed by atoms with E-state index in [0.29, 0.717) is 0 Å². The SMILES string of the molecule is N[C@@H]1c2ccnn2CC12CCN(c1cnc(Sc3ccnc4ccccc34)cn1)CC2.